The highest BCUT2D eigenvalue weighted by Crippen LogP contribution is 2.50. The SMILES string of the molecule is CC(C)(C)OC(=O)NC1CC1B1OC(C)(C)C(C)(C)O1.CC(C)(C)OC(=O)NC1CC1B1OC(C)(C)C(C)(C)O1. The number of rotatable bonds is 4. The Hall–Kier alpha value is -1.49. The number of amides is 2. The largest absolute Gasteiger partial charge is 0.463 e. The number of hydrogen-bond donors (Lipinski definition) is 2. The van der Waals surface area contributed by atoms with Crippen molar-refractivity contribution >= 4 is 26.4 Å². The van der Waals surface area contributed by atoms with Gasteiger partial charge in [-0.3, -0.25) is 0 Å². The molecule has 2 aliphatic carbocycles. The van der Waals surface area contributed by atoms with Gasteiger partial charge in [0.15, 0.2) is 0 Å². The van der Waals surface area contributed by atoms with Crippen LogP contribution in [0.1, 0.15) is 110 Å². The zero-order valence-corrected chi connectivity index (χ0v) is 27.1. The van der Waals surface area contributed by atoms with Gasteiger partial charge in [0.1, 0.15) is 11.2 Å². The van der Waals surface area contributed by atoms with E-state index in [1.54, 1.807) is 0 Å². The van der Waals surface area contributed by atoms with Crippen LogP contribution in [0.15, 0.2) is 0 Å². The molecule has 40 heavy (non-hydrogen) atoms. The second-order valence-corrected chi connectivity index (χ2v) is 15.6. The summed E-state index contributed by atoms with van der Waals surface area (Å²) in [7, 11) is -0.500. The molecule has 4 rings (SSSR count). The standard InChI is InChI=1S/2C14H26BNO4/c2*1-12(2,3)18-11(17)16-10-8-9(10)15-19-13(4,5)14(6,7)20-15/h2*9-10H,8H2,1-7H3,(H,16,17). The van der Waals surface area contributed by atoms with Gasteiger partial charge in [-0.1, -0.05) is 0 Å². The predicted molar refractivity (Wildman–Crippen MR) is 155 cm³/mol. The number of carbonyl (C=O) groups is 2. The van der Waals surface area contributed by atoms with Crippen molar-refractivity contribution in [1.29, 1.82) is 0 Å². The van der Waals surface area contributed by atoms with Crippen LogP contribution in [-0.2, 0) is 28.1 Å². The van der Waals surface area contributed by atoms with Crippen LogP contribution in [0.3, 0.4) is 0 Å². The van der Waals surface area contributed by atoms with E-state index >= 15 is 0 Å². The fourth-order valence-electron chi connectivity index (χ4n) is 4.41. The van der Waals surface area contributed by atoms with E-state index in [0.29, 0.717) is 0 Å². The van der Waals surface area contributed by atoms with Crippen molar-refractivity contribution in [1.82, 2.24) is 10.6 Å². The van der Waals surface area contributed by atoms with Crippen molar-refractivity contribution in [2.24, 2.45) is 0 Å². The van der Waals surface area contributed by atoms with Crippen LogP contribution >= 0.6 is 0 Å². The Balaban J connectivity index is 0.000000220. The van der Waals surface area contributed by atoms with Crippen LogP contribution in [0.2, 0.25) is 11.6 Å². The lowest BCUT2D eigenvalue weighted by molar-refractivity contribution is 0.00578. The first-order chi connectivity index (χ1) is 17.8. The Kier molecular flexibility index (Phi) is 8.79. The highest BCUT2D eigenvalue weighted by molar-refractivity contribution is 6.49. The molecule has 0 radical (unpaired) electrons. The molecule has 228 valence electrons. The summed E-state index contributed by atoms with van der Waals surface area (Å²) >= 11 is 0. The second kappa shape index (κ2) is 10.7. The molecule has 12 heteroatoms. The maximum atomic E-state index is 11.7. The smallest absolute Gasteiger partial charge is 0.444 e. The van der Waals surface area contributed by atoms with Crippen LogP contribution < -0.4 is 10.6 Å². The fourth-order valence-corrected chi connectivity index (χ4v) is 4.41. The molecule has 4 fully saturated rings. The van der Waals surface area contributed by atoms with Crippen molar-refractivity contribution in [3.63, 3.8) is 0 Å². The van der Waals surface area contributed by atoms with Crippen molar-refractivity contribution in [2.75, 3.05) is 0 Å². The number of carbonyl (C=O) groups excluding carboxylic acids is 2. The van der Waals surface area contributed by atoms with Gasteiger partial charge in [0.05, 0.1) is 22.4 Å². The summed E-state index contributed by atoms with van der Waals surface area (Å²) in [5.41, 5.74) is -2.24. The maximum absolute atomic E-state index is 11.7. The van der Waals surface area contributed by atoms with E-state index in [4.69, 9.17) is 28.1 Å². The van der Waals surface area contributed by atoms with Crippen LogP contribution in [0.4, 0.5) is 9.59 Å². The van der Waals surface area contributed by atoms with Gasteiger partial charge < -0.3 is 38.7 Å². The topological polar surface area (TPSA) is 114 Å². The van der Waals surface area contributed by atoms with Crippen molar-refractivity contribution in [2.45, 2.75) is 167 Å². The van der Waals surface area contributed by atoms with E-state index in [0.717, 1.165) is 12.8 Å². The highest BCUT2D eigenvalue weighted by atomic mass is 16.7. The fraction of sp³-hybridized carbons (Fsp3) is 0.929. The summed E-state index contributed by atoms with van der Waals surface area (Å²) < 4.78 is 34.4. The third-order valence-electron chi connectivity index (χ3n) is 8.33. The lowest BCUT2D eigenvalue weighted by atomic mass is 9.81. The summed E-state index contributed by atoms with van der Waals surface area (Å²) in [4.78, 5) is 23.4. The zero-order valence-electron chi connectivity index (χ0n) is 27.1. The normalized spacial score (nSPS) is 31.1. The molecule has 2 aliphatic heterocycles. The average molecular weight is 566 g/mol. The van der Waals surface area contributed by atoms with E-state index in [1.807, 2.05) is 96.9 Å². The summed E-state index contributed by atoms with van der Waals surface area (Å²) in [6, 6.07) is 0.166. The van der Waals surface area contributed by atoms with Crippen molar-refractivity contribution in [3.8, 4) is 0 Å². The number of alkyl carbamates (subject to hydrolysis) is 2. The summed E-state index contributed by atoms with van der Waals surface area (Å²) in [6.45, 7) is 27.4. The van der Waals surface area contributed by atoms with E-state index in [-0.39, 0.29) is 72.5 Å². The summed E-state index contributed by atoms with van der Waals surface area (Å²) in [5, 5.41) is 5.74. The molecule has 0 spiro atoms. The van der Waals surface area contributed by atoms with Crippen molar-refractivity contribution in [3.05, 3.63) is 0 Å². The van der Waals surface area contributed by atoms with E-state index in [2.05, 4.69) is 10.6 Å². The Morgan fingerprint density at radius 1 is 0.600 bits per heavy atom. The Morgan fingerprint density at radius 2 is 0.850 bits per heavy atom. The third kappa shape index (κ3) is 8.29. The van der Waals surface area contributed by atoms with E-state index < -0.39 is 11.2 Å². The number of ether oxygens (including phenoxy) is 2. The minimum absolute atomic E-state index is 0.0829. The molecule has 2 heterocycles. The Morgan fingerprint density at radius 3 is 1.07 bits per heavy atom. The second-order valence-electron chi connectivity index (χ2n) is 15.6. The molecule has 0 aromatic rings. The van der Waals surface area contributed by atoms with Gasteiger partial charge in [0.25, 0.3) is 0 Å². The van der Waals surface area contributed by atoms with Gasteiger partial charge in [0.2, 0.25) is 0 Å². The number of nitrogens with one attached hydrogen (secondary N) is 2. The van der Waals surface area contributed by atoms with Crippen molar-refractivity contribution < 1.29 is 37.7 Å². The quantitative estimate of drug-likeness (QED) is 0.430. The van der Waals surface area contributed by atoms with Gasteiger partial charge in [-0.25, -0.2) is 9.59 Å². The summed E-state index contributed by atoms with van der Waals surface area (Å²) in [5.74, 6) is 0.423. The minimum Gasteiger partial charge on any atom is -0.444 e. The maximum Gasteiger partial charge on any atom is 0.463 e. The van der Waals surface area contributed by atoms with E-state index in [1.165, 1.54) is 0 Å². The Bertz CT molecular complexity index is 849. The highest BCUT2D eigenvalue weighted by Gasteiger charge is 2.61. The van der Waals surface area contributed by atoms with Gasteiger partial charge in [-0.2, -0.15) is 0 Å². The van der Waals surface area contributed by atoms with E-state index in [9.17, 15) is 9.59 Å². The molecule has 10 nitrogen and oxygen atoms in total. The molecule has 4 unspecified atom stereocenters. The van der Waals surface area contributed by atoms with Gasteiger partial charge in [-0.05, 0) is 110 Å². The molecule has 4 aliphatic rings. The predicted octanol–water partition coefficient (Wildman–Crippen LogP) is 5.49. The molecule has 0 bridgehead atoms. The van der Waals surface area contributed by atoms with Crippen LogP contribution in [0, 0.1) is 0 Å². The van der Waals surface area contributed by atoms with Gasteiger partial charge in [0, 0.05) is 23.7 Å². The lowest BCUT2D eigenvalue weighted by Crippen LogP contribution is -2.41. The monoisotopic (exact) mass is 566 g/mol. The lowest BCUT2D eigenvalue weighted by Gasteiger charge is -2.32. The van der Waals surface area contributed by atoms with Crippen LogP contribution in [0.25, 0.3) is 0 Å². The number of hydrogen-bond acceptors (Lipinski definition) is 8. The Labute approximate surface area is 241 Å². The van der Waals surface area contributed by atoms with Crippen LogP contribution in [-0.4, -0.2) is 72.1 Å². The molecule has 2 saturated heterocycles. The molecular weight excluding hydrogens is 514 g/mol. The molecule has 2 saturated carbocycles. The molecule has 2 N–H and O–H groups in total. The molecular formula is C28H52B2N2O8. The first-order valence-corrected chi connectivity index (χ1v) is 14.5. The zero-order chi connectivity index (χ0) is 30.7. The molecule has 0 aromatic heterocycles. The molecule has 0 aromatic carbocycles. The minimum atomic E-state index is -0.473. The first-order valence-electron chi connectivity index (χ1n) is 14.5. The summed E-state index contributed by atoms with van der Waals surface area (Å²) in [6.07, 6.45) is 0.995. The third-order valence-corrected chi connectivity index (χ3v) is 8.33. The van der Waals surface area contributed by atoms with Gasteiger partial charge in [-0.15, -0.1) is 0 Å². The average Bonchev–Trinajstić information content (AvgIpc) is 3.57. The first kappa shape index (κ1) is 33.0. The van der Waals surface area contributed by atoms with Gasteiger partial charge >= 0.3 is 26.4 Å². The molecule has 2 amide bonds. The van der Waals surface area contributed by atoms with Crippen LogP contribution in [0.5, 0.6) is 0 Å². The molecule has 4 atom stereocenters.